The second-order valence-electron chi connectivity index (χ2n) is 5.13. The molecule has 0 saturated heterocycles. The number of aromatic nitrogens is 2. The molecule has 0 radical (unpaired) electrons. The third-order valence-electron chi connectivity index (χ3n) is 2.22. The van der Waals surface area contributed by atoms with E-state index in [2.05, 4.69) is 34.1 Å². The van der Waals surface area contributed by atoms with E-state index in [0.717, 1.165) is 11.4 Å². The van der Waals surface area contributed by atoms with E-state index in [0.29, 0.717) is 17.6 Å². The summed E-state index contributed by atoms with van der Waals surface area (Å²) < 4.78 is 26.1. The Labute approximate surface area is 119 Å². The van der Waals surface area contributed by atoms with Crippen LogP contribution in [0.5, 0.6) is 0 Å². The minimum atomic E-state index is -3.35. The van der Waals surface area contributed by atoms with Crippen LogP contribution in [0, 0.1) is 5.92 Å². The molecule has 0 spiro atoms. The van der Waals surface area contributed by atoms with Crippen LogP contribution in [0.3, 0.4) is 0 Å². The van der Waals surface area contributed by atoms with Crippen LogP contribution >= 0.6 is 11.3 Å². The first kappa shape index (κ1) is 16.3. The zero-order valence-electron chi connectivity index (χ0n) is 11.8. The first-order chi connectivity index (χ1) is 8.78. The topological polar surface area (TPSA) is 84.0 Å². The van der Waals surface area contributed by atoms with Crippen molar-refractivity contribution in [2.24, 2.45) is 5.92 Å². The van der Waals surface area contributed by atoms with Crippen LogP contribution in [-0.4, -0.2) is 37.0 Å². The Kier molecular flexibility index (Phi) is 6.15. The van der Waals surface area contributed by atoms with E-state index in [9.17, 15) is 8.42 Å². The van der Waals surface area contributed by atoms with Gasteiger partial charge in [-0.15, -0.1) is 10.2 Å². The standard InChI is InChI=1S/C11H22N4O2S2/c1-8(2)7-10-13-14-11(18-10)15-19(16,17)6-5-12-9(3)4/h8-9,12H,5-7H2,1-4H3,(H,14,15). The molecular weight excluding hydrogens is 284 g/mol. The van der Waals surface area contributed by atoms with Crippen molar-refractivity contribution in [3.63, 3.8) is 0 Å². The molecule has 0 aromatic carbocycles. The first-order valence-corrected chi connectivity index (χ1v) is 8.81. The van der Waals surface area contributed by atoms with Crippen LogP contribution in [0.4, 0.5) is 5.13 Å². The summed E-state index contributed by atoms with van der Waals surface area (Å²) in [5, 5.41) is 12.1. The van der Waals surface area contributed by atoms with Gasteiger partial charge >= 0.3 is 0 Å². The normalized spacial score (nSPS) is 12.3. The van der Waals surface area contributed by atoms with Crippen LogP contribution in [0.25, 0.3) is 0 Å². The number of nitrogens with zero attached hydrogens (tertiary/aromatic N) is 2. The number of rotatable bonds is 8. The monoisotopic (exact) mass is 306 g/mol. The summed E-state index contributed by atoms with van der Waals surface area (Å²) in [6, 6.07) is 0.273. The van der Waals surface area contributed by atoms with Gasteiger partial charge in [-0.3, -0.25) is 4.72 Å². The number of sulfonamides is 1. The Bertz CT molecular complexity index is 483. The van der Waals surface area contributed by atoms with Gasteiger partial charge in [0.2, 0.25) is 15.2 Å². The SMILES string of the molecule is CC(C)Cc1nnc(NS(=O)(=O)CCNC(C)C)s1. The van der Waals surface area contributed by atoms with E-state index in [-0.39, 0.29) is 11.8 Å². The fraction of sp³-hybridized carbons (Fsp3) is 0.818. The highest BCUT2D eigenvalue weighted by atomic mass is 32.2. The second-order valence-corrected chi connectivity index (χ2v) is 8.03. The Morgan fingerprint density at radius 3 is 2.47 bits per heavy atom. The van der Waals surface area contributed by atoms with Gasteiger partial charge in [-0.1, -0.05) is 39.0 Å². The van der Waals surface area contributed by atoms with E-state index in [1.165, 1.54) is 11.3 Å². The van der Waals surface area contributed by atoms with E-state index in [4.69, 9.17) is 0 Å². The molecule has 2 N–H and O–H groups in total. The van der Waals surface area contributed by atoms with E-state index < -0.39 is 10.0 Å². The van der Waals surface area contributed by atoms with E-state index in [1.54, 1.807) is 0 Å². The summed E-state index contributed by atoms with van der Waals surface area (Å²) >= 11 is 1.29. The lowest BCUT2D eigenvalue weighted by Crippen LogP contribution is -2.30. The average molecular weight is 306 g/mol. The lowest BCUT2D eigenvalue weighted by molar-refractivity contribution is 0.582. The van der Waals surface area contributed by atoms with Gasteiger partial charge in [0, 0.05) is 19.0 Å². The van der Waals surface area contributed by atoms with Gasteiger partial charge in [-0.2, -0.15) is 0 Å². The van der Waals surface area contributed by atoms with Gasteiger partial charge in [0.15, 0.2) is 0 Å². The van der Waals surface area contributed by atoms with Crippen molar-refractivity contribution < 1.29 is 8.42 Å². The minimum Gasteiger partial charge on any atom is -0.313 e. The average Bonchev–Trinajstić information content (AvgIpc) is 2.62. The first-order valence-electron chi connectivity index (χ1n) is 6.35. The van der Waals surface area contributed by atoms with Gasteiger partial charge < -0.3 is 5.32 Å². The van der Waals surface area contributed by atoms with Gasteiger partial charge in [0.25, 0.3) is 0 Å². The van der Waals surface area contributed by atoms with Crippen LogP contribution in [0.15, 0.2) is 0 Å². The fourth-order valence-electron chi connectivity index (χ4n) is 1.39. The van der Waals surface area contributed by atoms with Crippen LogP contribution in [0.2, 0.25) is 0 Å². The Morgan fingerprint density at radius 2 is 1.89 bits per heavy atom. The summed E-state index contributed by atoms with van der Waals surface area (Å²) in [7, 11) is -3.35. The molecule has 0 amide bonds. The van der Waals surface area contributed by atoms with Gasteiger partial charge in [0.1, 0.15) is 5.01 Å². The predicted octanol–water partition coefficient (Wildman–Crippen LogP) is 1.48. The molecule has 110 valence electrons. The van der Waals surface area contributed by atoms with Crippen molar-refractivity contribution in [3.8, 4) is 0 Å². The van der Waals surface area contributed by atoms with Crippen molar-refractivity contribution in [1.29, 1.82) is 0 Å². The van der Waals surface area contributed by atoms with E-state index >= 15 is 0 Å². The summed E-state index contributed by atoms with van der Waals surface area (Å²) in [5.41, 5.74) is 0. The van der Waals surface area contributed by atoms with Crippen molar-refractivity contribution in [2.75, 3.05) is 17.0 Å². The highest BCUT2D eigenvalue weighted by Gasteiger charge is 2.14. The molecule has 0 aliphatic heterocycles. The van der Waals surface area contributed by atoms with Gasteiger partial charge in [0.05, 0.1) is 5.75 Å². The number of hydrogen-bond acceptors (Lipinski definition) is 6. The third-order valence-corrected chi connectivity index (χ3v) is 4.45. The maximum Gasteiger partial charge on any atom is 0.235 e. The molecule has 19 heavy (non-hydrogen) atoms. The molecule has 1 aromatic rings. The van der Waals surface area contributed by atoms with Crippen molar-refractivity contribution in [1.82, 2.24) is 15.5 Å². The lowest BCUT2D eigenvalue weighted by Gasteiger charge is -2.08. The Balaban J connectivity index is 2.51. The van der Waals surface area contributed by atoms with Crippen molar-refractivity contribution in [2.45, 2.75) is 40.2 Å². The molecule has 0 fully saturated rings. The maximum atomic E-state index is 11.8. The zero-order chi connectivity index (χ0) is 14.5. The molecule has 0 unspecified atom stereocenters. The highest BCUT2D eigenvalue weighted by Crippen LogP contribution is 2.19. The minimum absolute atomic E-state index is 0.0320. The van der Waals surface area contributed by atoms with Crippen LogP contribution in [-0.2, 0) is 16.4 Å². The molecule has 6 nitrogen and oxygen atoms in total. The largest absolute Gasteiger partial charge is 0.313 e. The zero-order valence-corrected chi connectivity index (χ0v) is 13.4. The molecule has 0 aliphatic rings. The summed E-state index contributed by atoms with van der Waals surface area (Å²) in [6.07, 6.45) is 0.814. The van der Waals surface area contributed by atoms with Gasteiger partial charge in [-0.05, 0) is 5.92 Å². The summed E-state index contributed by atoms with van der Waals surface area (Å²) in [5.74, 6) is 0.511. The maximum absolute atomic E-state index is 11.8. The quantitative estimate of drug-likeness (QED) is 0.760. The van der Waals surface area contributed by atoms with Crippen molar-refractivity contribution >= 4 is 26.5 Å². The van der Waals surface area contributed by atoms with Gasteiger partial charge in [-0.25, -0.2) is 8.42 Å². The van der Waals surface area contributed by atoms with Crippen LogP contribution in [0.1, 0.15) is 32.7 Å². The molecule has 0 bridgehead atoms. The number of hydrogen-bond donors (Lipinski definition) is 2. The third kappa shape index (κ3) is 6.84. The Hall–Kier alpha value is -0.730. The highest BCUT2D eigenvalue weighted by molar-refractivity contribution is 7.92. The second kappa shape index (κ2) is 7.16. The number of anilines is 1. The predicted molar refractivity (Wildman–Crippen MR) is 79.0 cm³/mol. The lowest BCUT2D eigenvalue weighted by atomic mass is 10.1. The fourth-order valence-corrected chi connectivity index (χ4v) is 3.54. The van der Waals surface area contributed by atoms with Crippen molar-refractivity contribution in [3.05, 3.63) is 5.01 Å². The molecular formula is C11H22N4O2S2. The smallest absolute Gasteiger partial charge is 0.235 e. The van der Waals surface area contributed by atoms with E-state index in [1.807, 2.05) is 13.8 Å². The molecule has 1 rings (SSSR count). The molecule has 0 saturated carbocycles. The molecule has 0 aliphatic carbocycles. The number of nitrogens with one attached hydrogen (secondary N) is 2. The molecule has 8 heteroatoms. The molecule has 1 heterocycles. The Morgan fingerprint density at radius 1 is 1.21 bits per heavy atom. The molecule has 1 aromatic heterocycles. The molecule has 0 atom stereocenters. The summed E-state index contributed by atoms with van der Waals surface area (Å²) in [4.78, 5) is 0. The summed E-state index contributed by atoms with van der Waals surface area (Å²) in [6.45, 7) is 8.54. The van der Waals surface area contributed by atoms with Crippen LogP contribution < -0.4 is 10.0 Å².